The molecule has 3 amide bonds. The maximum atomic E-state index is 12.0. The number of carbonyl (C=O) groups excluding carboxylic acids is 2. The number of rotatable bonds is 8. The Morgan fingerprint density at radius 3 is 2.45 bits per heavy atom. The van der Waals surface area contributed by atoms with Crippen LogP contribution in [0, 0.1) is 5.92 Å². The van der Waals surface area contributed by atoms with E-state index in [1.807, 2.05) is 6.92 Å². The van der Waals surface area contributed by atoms with Crippen molar-refractivity contribution >= 4 is 17.9 Å². The fraction of sp³-hybridized carbons (Fsp3) is 0.769. The highest BCUT2D eigenvalue weighted by molar-refractivity contribution is 5.83. The first-order chi connectivity index (χ1) is 9.43. The first-order valence-corrected chi connectivity index (χ1v) is 7.00. The predicted molar refractivity (Wildman–Crippen MR) is 73.0 cm³/mol. The molecule has 20 heavy (non-hydrogen) atoms. The third-order valence-corrected chi connectivity index (χ3v) is 3.65. The average molecular weight is 285 g/mol. The monoisotopic (exact) mass is 285 g/mol. The van der Waals surface area contributed by atoms with Crippen LogP contribution in [0.1, 0.15) is 39.0 Å². The van der Waals surface area contributed by atoms with E-state index in [-0.39, 0.29) is 12.8 Å². The molecule has 0 aliphatic heterocycles. The molecule has 0 aromatic carbocycles. The lowest BCUT2D eigenvalue weighted by Gasteiger charge is -2.32. The quantitative estimate of drug-likeness (QED) is 0.604. The summed E-state index contributed by atoms with van der Waals surface area (Å²) >= 11 is 0. The van der Waals surface area contributed by atoms with Crippen molar-refractivity contribution < 1.29 is 19.5 Å². The van der Waals surface area contributed by atoms with Gasteiger partial charge in [0.05, 0.1) is 0 Å². The molecule has 0 spiro atoms. The fourth-order valence-corrected chi connectivity index (χ4v) is 2.13. The number of primary amides is 1. The minimum Gasteiger partial charge on any atom is -0.480 e. The SMILES string of the molecule is CCN(CC1CCC1)C(=O)N[C@@H](CCC(N)=O)C(=O)O. The third-order valence-electron chi connectivity index (χ3n) is 3.65. The number of hydrogen-bond donors (Lipinski definition) is 3. The maximum Gasteiger partial charge on any atom is 0.326 e. The van der Waals surface area contributed by atoms with Crippen LogP contribution in [0.15, 0.2) is 0 Å². The van der Waals surface area contributed by atoms with Crippen molar-refractivity contribution in [3.05, 3.63) is 0 Å². The lowest BCUT2D eigenvalue weighted by atomic mass is 9.85. The van der Waals surface area contributed by atoms with Crippen molar-refractivity contribution in [3.63, 3.8) is 0 Å². The summed E-state index contributed by atoms with van der Waals surface area (Å²) in [5.74, 6) is -1.21. The summed E-state index contributed by atoms with van der Waals surface area (Å²) in [5.41, 5.74) is 4.99. The van der Waals surface area contributed by atoms with E-state index in [0.29, 0.717) is 19.0 Å². The van der Waals surface area contributed by atoms with Crippen LogP contribution in [-0.4, -0.2) is 47.0 Å². The molecule has 1 rings (SSSR count). The summed E-state index contributed by atoms with van der Waals surface area (Å²) < 4.78 is 0. The van der Waals surface area contributed by atoms with E-state index in [9.17, 15) is 14.4 Å². The van der Waals surface area contributed by atoms with E-state index in [4.69, 9.17) is 10.8 Å². The summed E-state index contributed by atoms with van der Waals surface area (Å²) in [4.78, 5) is 35.4. The summed E-state index contributed by atoms with van der Waals surface area (Å²) in [6.07, 6.45) is 3.38. The van der Waals surface area contributed by atoms with Gasteiger partial charge in [-0.05, 0) is 32.1 Å². The highest BCUT2D eigenvalue weighted by atomic mass is 16.4. The van der Waals surface area contributed by atoms with Gasteiger partial charge >= 0.3 is 12.0 Å². The number of nitrogens with two attached hydrogens (primary N) is 1. The second kappa shape index (κ2) is 7.72. The van der Waals surface area contributed by atoms with Crippen molar-refractivity contribution in [2.45, 2.75) is 45.1 Å². The Morgan fingerprint density at radius 1 is 1.40 bits per heavy atom. The van der Waals surface area contributed by atoms with Crippen LogP contribution < -0.4 is 11.1 Å². The van der Waals surface area contributed by atoms with Gasteiger partial charge in [0.1, 0.15) is 6.04 Å². The van der Waals surface area contributed by atoms with Crippen LogP contribution in [0.25, 0.3) is 0 Å². The second-order valence-corrected chi connectivity index (χ2v) is 5.18. The lowest BCUT2D eigenvalue weighted by Crippen LogP contribution is -2.49. The Labute approximate surface area is 118 Å². The smallest absolute Gasteiger partial charge is 0.326 e. The molecule has 7 heteroatoms. The predicted octanol–water partition coefficient (Wildman–Crippen LogP) is 0.537. The van der Waals surface area contributed by atoms with E-state index in [2.05, 4.69) is 5.32 Å². The largest absolute Gasteiger partial charge is 0.480 e. The minimum atomic E-state index is -1.15. The van der Waals surface area contributed by atoms with Crippen LogP contribution in [-0.2, 0) is 9.59 Å². The molecule has 1 aliphatic carbocycles. The first-order valence-electron chi connectivity index (χ1n) is 7.00. The van der Waals surface area contributed by atoms with Crippen LogP contribution in [0.4, 0.5) is 4.79 Å². The summed E-state index contributed by atoms with van der Waals surface area (Å²) in [5, 5.41) is 11.5. The third kappa shape index (κ3) is 5.07. The molecule has 114 valence electrons. The molecule has 0 bridgehead atoms. The van der Waals surface area contributed by atoms with E-state index >= 15 is 0 Å². The number of urea groups is 1. The van der Waals surface area contributed by atoms with Crippen LogP contribution in [0.2, 0.25) is 0 Å². The Kier molecular flexibility index (Phi) is 6.27. The number of hydrogen-bond acceptors (Lipinski definition) is 3. The lowest BCUT2D eigenvalue weighted by molar-refractivity contribution is -0.139. The molecule has 4 N–H and O–H groups in total. The standard InChI is InChI=1S/C13H23N3O4/c1-2-16(8-9-4-3-5-9)13(20)15-10(12(18)19)6-7-11(14)17/h9-10H,2-8H2,1H3,(H2,14,17)(H,15,20)(H,18,19)/t10-/m0/s1. The number of aliphatic carboxylic acids is 1. The molecule has 0 radical (unpaired) electrons. The maximum absolute atomic E-state index is 12.0. The molecule has 0 heterocycles. The molecule has 0 saturated heterocycles. The van der Waals surface area contributed by atoms with E-state index in [1.165, 1.54) is 6.42 Å². The highest BCUT2D eigenvalue weighted by Crippen LogP contribution is 2.27. The van der Waals surface area contributed by atoms with E-state index < -0.39 is 23.9 Å². The summed E-state index contributed by atoms with van der Waals surface area (Å²) in [6, 6.07) is -1.47. The highest BCUT2D eigenvalue weighted by Gasteiger charge is 2.26. The van der Waals surface area contributed by atoms with Crippen molar-refractivity contribution in [1.29, 1.82) is 0 Å². The minimum absolute atomic E-state index is 0.0113. The van der Waals surface area contributed by atoms with Gasteiger partial charge < -0.3 is 21.1 Å². The molecule has 0 unspecified atom stereocenters. The van der Waals surface area contributed by atoms with Gasteiger partial charge in [-0.3, -0.25) is 4.79 Å². The van der Waals surface area contributed by atoms with Gasteiger partial charge in [-0.25, -0.2) is 9.59 Å². The number of nitrogens with one attached hydrogen (secondary N) is 1. The topological polar surface area (TPSA) is 113 Å². The van der Waals surface area contributed by atoms with Gasteiger partial charge in [0.2, 0.25) is 5.91 Å². The van der Waals surface area contributed by atoms with Crippen LogP contribution >= 0.6 is 0 Å². The number of carboxylic acids is 1. The molecular weight excluding hydrogens is 262 g/mol. The summed E-state index contributed by atoms with van der Waals surface area (Å²) in [6.45, 7) is 3.05. The Morgan fingerprint density at radius 2 is 2.05 bits per heavy atom. The van der Waals surface area contributed by atoms with Gasteiger partial charge in [-0.1, -0.05) is 6.42 Å². The zero-order chi connectivity index (χ0) is 15.1. The molecule has 1 aliphatic rings. The Balaban J connectivity index is 2.49. The Hall–Kier alpha value is -1.79. The van der Waals surface area contributed by atoms with Gasteiger partial charge in [0, 0.05) is 19.5 Å². The molecule has 1 atom stereocenters. The average Bonchev–Trinajstić information content (AvgIpc) is 2.32. The van der Waals surface area contributed by atoms with Crippen molar-refractivity contribution in [3.8, 4) is 0 Å². The second-order valence-electron chi connectivity index (χ2n) is 5.18. The van der Waals surface area contributed by atoms with Crippen molar-refractivity contribution in [2.24, 2.45) is 11.7 Å². The molecule has 7 nitrogen and oxygen atoms in total. The number of carbonyl (C=O) groups is 3. The Bertz CT molecular complexity index is 369. The molecule has 0 aromatic rings. The number of nitrogens with zero attached hydrogens (tertiary/aromatic N) is 1. The van der Waals surface area contributed by atoms with Gasteiger partial charge in [0.15, 0.2) is 0 Å². The molecule has 1 saturated carbocycles. The normalized spacial score (nSPS) is 16.1. The van der Waals surface area contributed by atoms with Gasteiger partial charge in [-0.2, -0.15) is 0 Å². The zero-order valence-corrected chi connectivity index (χ0v) is 11.8. The van der Waals surface area contributed by atoms with Gasteiger partial charge in [-0.15, -0.1) is 0 Å². The van der Waals surface area contributed by atoms with Crippen LogP contribution in [0.3, 0.4) is 0 Å². The first kappa shape index (κ1) is 16.3. The molecular formula is C13H23N3O4. The van der Waals surface area contributed by atoms with Crippen molar-refractivity contribution in [2.75, 3.05) is 13.1 Å². The van der Waals surface area contributed by atoms with E-state index in [0.717, 1.165) is 12.8 Å². The van der Waals surface area contributed by atoms with Crippen molar-refractivity contribution in [1.82, 2.24) is 10.2 Å². The zero-order valence-electron chi connectivity index (χ0n) is 11.8. The number of amides is 3. The van der Waals surface area contributed by atoms with Gasteiger partial charge in [0.25, 0.3) is 0 Å². The van der Waals surface area contributed by atoms with E-state index in [1.54, 1.807) is 4.90 Å². The molecule has 1 fully saturated rings. The number of carboxylic acid groups (broad SMARTS) is 1. The fourth-order valence-electron chi connectivity index (χ4n) is 2.13. The summed E-state index contributed by atoms with van der Waals surface area (Å²) in [7, 11) is 0. The van der Waals surface area contributed by atoms with Crippen LogP contribution in [0.5, 0.6) is 0 Å². The molecule has 0 aromatic heterocycles.